The summed E-state index contributed by atoms with van der Waals surface area (Å²) in [6.45, 7) is 2.50. The van der Waals surface area contributed by atoms with Crippen LogP contribution in [0.4, 0.5) is 0 Å². The number of amides is 2. The van der Waals surface area contributed by atoms with E-state index in [2.05, 4.69) is 28.4 Å². The van der Waals surface area contributed by atoms with Gasteiger partial charge in [-0.1, -0.05) is 17.8 Å². The van der Waals surface area contributed by atoms with Crippen molar-refractivity contribution in [2.75, 3.05) is 99.0 Å². The Kier molecular flexibility index (Phi) is 25.4. The highest BCUT2D eigenvalue weighted by molar-refractivity contribution is 14.1. The van der Waals surface area contributed by atoms with E-state index >= 15 is 0 Å². The molecule has 0 rings (SSSR count). The predicted octanol–water partition coefficient (Wildman–Crippen LogP) is -0.285. The molecule has 0 atom stereocenters. The van der Waals surface area contributed by atoms with Gasteiger partial charge in [-0.2, -0.15) is 0 Å². The highest BCUT2D eigenvalue weighted by Gasteiger charge is 2.33. The lowest BCUT2D eigenvalue weighted by Gasteiger charge is -2.33. The van der Waals surface area contributed by atoms with Crippen LogP contribution >= 0.6 is 22.6 Å². The average molecular weight is 679 g/mol. The lowest BCUT2D eigenvalue weighted by atomic mass is 10.0. The van der Waals surface area contributed by atoms with Crippen molar-refractivity contribution >= 4 is 38.2 Å². The fraction of sp³-hybridized carbons (Fsp3) is 0.667. The first-order chi connectivity index (χ1) is 19.4. The minimum atomic E-state index is -1.12. The molecule has 0 unspecified atom stereocenters. The van der Waals surface area contributed by atoms with Crippen LogP contribution < -0.4 is 10.6 Å². The first-order valence-corrected chi connectivity index (χ1v) is 13.6. The minimum Gasteiger partial charge on any atom is -0.379 e. The van der Waals surface area contributed by atoms with Crippen molar-refractivity contribution in [2.24, 2.45) is 0 Å². The summed E-state index contributed by atoms with van der Waals surface area (Å²) in [6.07, 6.45) is 16.2. The van der Waals surface area contributed by atoms with Gasteiger partial charge in [0.1, 0.15) is 25.4 Å². The Morgan fingerprint density at radius 3 is 1.40 bits per heavy atom. The van der Waals surface area contributed by atoms with E-state index in [0.29, 0.717) is 52.7 Å². The molecule has 0 aliphatic rings. The standard InChI is InChI=1S/C27H39IN2O10/c1-4-9-38-21-27(22-39-10-5-2,23-40-11-6-3)30-26(33)20-29-25(32)8-13-35-15-17-37-19-18-36-16-14-34-12-7-24(28)31/h1-3H,7-23H2,(H,29,32)(H,30,33). The number of terminal acetylenes is 3. The number of hydrogen-bond acceptors (Lipinski definition) is 10. The Hall–Kier alpha value is -2.26. The summed E-state index contributed by atoms with van der Waals surface area (Å²) in [5.41, 5.74) is -1.12. The molecule has 12 nitrogen and oxygen atoms in total. The van der Waals surface area contributed by atoms with E-state index in [1.165, 1.54) is 0 Å². The normalized spacial score (nSPS) is 10.8. The molecule has 0 bridgehead atoms. The van der Waals surface area contributed by atoms with Crippen LogP contribution in [0.25, 0.3) is 0 Å². The molecular formula is C27H39IN2O10. The topological polar surface area (TPSA) is 140 Å². The summed E-state index contributed by atoms with van der Waals surface area (Å²) in [7, 11) is 0. The van der Waals surface area contributed by atoms with Gasteiger partial charge in [-0.25, -0.2) is 0 Å². The maximum Gasteiger partial charge on any atom is 0.240 e. The van der Waals surface area contributed by atoms with Gasteiger partial charge in [-0.05, 0) is 22.6 Å². The van der Waals surface area contributed by atoms with Gasteiger partial charge < -0.3 is 43.8 Å². The zero-order chi connectivity index (χ0) is 29.7. The lowest BCUT2D eigenvalue weighted by Crippen LogP contribution is -2.60. The second-order valence-corrected chi connectivity index (χ2v) is 9.20. The van der Waals surface area contributed by atoms with Crippen molar-refractivity contribution in [1.82, 2.24) is 10.6 Å². The molecule has 0 saturated carbocycles. The molecule has 40 heavy (non-hydrogen) atoms. The fourth-order valence-corrected chi connectivity index (χ4v) is 3.06. The summed E-state index contributed by atoms with van der Waals surface area (Å²) in [5.74, 6) is 6.18. The number of rotatable bonds is 27. The third-order valence-electron chi connectivity index (χ3n) is 4.57. The number of carbonyl (C=O) groups excluding carboxylic acids is 3. The van der Waals surface area contributed by atoms with E-state index in [1.807, 2.05) is 0 Å². The maximum absolute atomic E-state index is 12.6. The van der Waals surface area contributed by atoms with Crippen LogP contribution in [0.5, 0.6) is 0 Å². The number of hydrogen-bond donors (Lipinski definition) is 2. The first-order valence-electron chi connectivity index (χ1n) is 12.5. The summed E-state index contributed by atoms with van der Waals surface area (Å²) in [5, 5.41) is 5.30. The molecule has 0 aromatic heterocycles. The van der Waals surface area contributed by atoms with Gasteiger partial charge in [0.2, 0.25) is 11.8 Å². The van der Waals surface area contributed by atoms with Crippen LogP contribution in [0.15, 0.2) is 0 Å². The van der Waals surface area contributed by atoms with E-state index < -0.39 is 11.4 Å². The molecule has 0 radical (unpaired) electrons. The molecule has 224 valence electrons. The smallest absolute Gasteiger partial charge is 0.240 e. The van der Waals surface area contributed by atoms with Crippen molar-refractivity contribution in [1.29, 1.82) is 0 Å². The molecule has 2 N–H and O–H groups in total. The lowest BCUT2D eigenvalue weighted by molar-refractivity contribution is -0.130. The van der Waals surface area contributed by atoms with Crippen LogP contribution in [0.3, 0.4) is 0 Å². The van der Waals surface area contributed by atoms with Gasteiger partial charge in [0.05, 0.1) is 79.2 Å². The Morgan fingerprint density at radius 1 is 0.600 bits per heavy atom. The van der Waals surface area contributed by atoms with Crippen LogP contribution in [-0.4, -0.2) is 120 Å². The average Bonchev–Trinajstić information content (AvgIpc) is 2.92. The zero-order valence-electron chi connectivity index (χ0n) is 22.7. The molecule has 13 heteroatoms. The molecule has 0 aromatic carbocycles. The van der Waals surface area contributed by atoms with Crippen molar-refractivity contribution in [2.45, 2.75) is 18.4 Å². The van der Waals surface area contributed by atoms with Crippen molar-refractivity contribution in [3.05, 3.63) is 0 Å². The molecule has 0 saturated heterocycles. The van der Waals surface area contributed by atoms with Crippen LogP contribution in [-0.2, 0) is 47.5 Å². The molecule has 0 fully saturated rings. The largest absolute Gasteiger partial charge is 0.379 e. The molecule has 0 heterocycles. The van der Waals surface area contributed by atoms with Crippen molar-refractivity contribution < 1.29 is 47.5 Å². The SMILES string of the molecule is C#CCOCC(COCC#C)(COCC#C)NC(=O)CNC(=O)CCOCCOCCOCCOCCC(=O)I. The number of halogens is 1. The minimum absolute atomic E-state index is 0.0106. The van der Waals surface area contributed by atoms with Gasteiger partial charge in [0, 0.05) is 12.8 Å². The fourth-order valence-electron chi connectivity index (χ4n) is 2.84. The Morgan fingerprint density at radius 2 is 1.00 bits per heavy atom. The van der Waals surface area contributed by atoms with Gasteiger partial charge in [0.25, 0.3) is 0 Å². The van der Waals surface area contributed by atoms with E-state index in [-0.39, 0.29) is 68.9 Å². The number of carbonyl (C=O) groups is 3. The maximum atomic E-state index is 12.6. The van der Waals surface area contributed by atoms with E-state index in [4.69, 9.17) is 52.4 Å². The monoisotopic (exact) mass is 678 g/mol. The summed E-state index contributed by atoms with van der Waals surface area (Å²) in [4.78, 5) is 35.4. The quantitative estimate of drug-likeness (QED) is 0.0516. The van der Waals surface area contributed by atoms with E-state index in [0.717, 1.165) is 0 Å². The van der Waals surface area contributed by atoms with Gasteiger partial charge in [-0.3, -0.25) is 14.4 Å². The van der Waals surface area contributed by atoms with Crippen molar-refractivity contribution in [3.63, 3.8) is 0 Å². The molecule has 0 aromatic rings. The van der Waals surface area contributed by atoms with Gasteiger partial charge in [-0.15, -0.1) is 19.3 Å². The van der Waals surface area contributed by atoms with Gasteiger partial charge >= 0.3 is 0 Å². The number of ether oxygens (including phenoxy) is 7. The Bertz CT molecular complexity index is 784. The third-order valence-corrected chi connectivity index (χ3v) is 5.11. The molecule has 0 aliphatic heterocycles. The Balaban J connectivity index is 4.15. The predicted molar refractivity (Wildman–Crippen MR) is 154 cm³/mol. The van der Waals surface area contributed by atoms with Crippen LogP contribution in [0, 0.1) is 37.0 Å². The molecular weight excluding hydrogens is 639 g/mol. The van der Waals surface area contributed by atoms with Crippen LogP contribution in [0.2, 0.25) is 0 Å². The molecule has 2 amide bonds. The van der Waals surface area contributed by atoms with Crippen LogP contribution in [0.1, 0.15) is 12.8 Å². The first kappa shape index (κ1) is 37.7. The molecule has 0 aliphatic carbocycles. The zero-order valence-corrected chi connectivity index (χ0v) is 24.9. The number of nitrogens with one attached hydrogen (secondary N) is 2. The highest BCUT2D eigenvalue weighted by atomic mass is 127. The summed E-state index contributed by atoms with van der Waals surface area (Å²) < 4.78 is 37.7. The van der Waals surface area contributed by atoms with Crippen molar-refractivity contribution in [3.8, 4) is 37.0 Å². The second-order valence-electron chi connectivity index (χ2n) is 8.00. The summed E-state index contributed by atoms with van der Waals surface area (Å²) >= 11 is 1.73. The summed E-state index contributed by atoms with van der Waals surface area (Å²) in [6, 6.07) is 0. The van der Waals surface area contributed by atoms with E-state index in [9.17, 15) is 14.4 Å². The van der Waals surface area contributed by atoms with Gasteiger partial charge in [0.15, 0.2) is 3.79 Å². The Labute approximate surface area is 250 Å². The molecule has 0 spiro atoms. The third kappa shape index (κ3) is 23.6. The highest BCUT2D eigenvalue weighted by Crippen LogP contribution is 2.09. The second kappa shape index (κ2) is 26.9. The van der Waals surface area contributed by atoms with E-state index in [1.54, 1.807) is 22.6 Å².